The molecule has 4 heteroatoms. The maximum atomic E-state index is 10.7. The molecule has 0 spiro atoms. The van der Waals surface area contributed by atoms with E-state index in [1.807, 2.05) is 5.92 Å². The molecule has 0 heterocycles. The van der Waals surface area contributed by atoms with Crippen molar-refractivity contribution in [2.75, 3.05) is 5.75 Å². The predicted octanol–water partition coefficient (Wildman–Crippen LogP) is 0.374. The molecule has 0 aliphatic carbocycles. The van der Waals surface area contributed by atoms with Gasteiger partial charge in [-0.2, -0.15) is 8.42 Å². The molecule has 10 heavy (non-hydrogen) atoms. The van der Waals surface area contributed by atoms with Crippen molar-refractivity contribution >= 4 is 10.1 Å². The largest absolute Gasteiger partial charge is 0.278 e. The minimum Gasteiger partial charge on any atom is -0.267 e. The van der Waals surface area contributed by atoms with E-state index < -0.39 is 10.1 Å². The maximum absolute atomic E-state index is 10.7. The quantitative estimate of drug-likeness (QED) is 0.445. The van der Waals surface area contributed by atoms with Crippen LogP contribution in [-0.2, 0) is 14.3 Å². The number of rotatable bonds is 3. The van der Waals surface area contributed by atoms with E-state index in [0.29, 0.717) is 0 Å². The summed E-state index contributed by atoms with van der Waals surface area (Å²) in [5.41, 5.74) is 0. The molecule has 0 amide bonds. The lowest BCUT2D eigenvalue weighted by Crippen LogP contribution is -2.14. The summed E-state index contributed by atoms with van der Waals surface area (Å²) in [5, 5.41) is 0. The second-order valence-corrected chi connectivity index (χ2v) is 3.65. The topological polar surface area (TPSA) is 43.4 Å². The molecule has 0 bridgehead atoms. The molecule has 0 radical (unpaired) electrons. The lowest BCUT2D eigenvalue weighted by atomic mass is 10.5. The van der Waals surface area contributed by atoms with Crippen LogP contribution in [0, 0.1) is 12.3 Å². The second-order valence-electron chi connectivity index (χ2n) is 2.05. The van der Waals surface area contributed by atoms with Gasteiger partial charge in [-0.15, -0.1) is 6.42 Å². The highest BCUT2D eigenvalue weighted by molar-refractivity contribution is 7.86. The Labute approximate surface area is 61.5 Å². The van der Waals surface area contributed by atoms with E-state index in [9.17, 15) is 8.42 Å². The second kappa shape index (κ2) is 3.59. The predicted molar refractivity (Wildman–Crippen MR) is 38.8 cm³/mol. The Hall–Kier alpha value is -0.530. The molecule has 0 aromatic rings. The van der Waals surface area contributed by atoms with Gasteiger partial charge in [-0.25, -0.2) is 0 Å². The zero-order valence-corrected chi connectivity index (χ0v) is 6.81. The lowest BCUT2D eigenvalue weighted by Gasteiger charge is -2.04. The first-order valence-electron chi connectivity index (χ1n) is 2.82. The van der Waals surface area contributed by atoms with Gasteiger partial charge >= 0.3 is 0 Å². The van der Waals surface area contributed by atoms with Crippen molar-refractivity contribution < 1.29 is 12.6 Å². The molecule has 0 fully saturated rings. The summed E-state index contributed by atoms with van der Waals surface area (Å²) in [6.07, 6.45) is 4.45. The summed E-state index contributed by atoms with van der Waals surface area (Å²) in [6, 6.07) is 0. The Kier molecular flexibility index (Phi) is 3.40. The van der Waals surface area contributed by atoms with Gasteiger partial charge in [0.1, 0.15) is 5.75 Å². The lowest BCUT2D eigenvalue weighted by molar-refractivity contribution is 0.250. The number of terminal acetylenes is 1. The van der Waals surface area contributed by atoms with Crippen molar-refractivity contribution in [1.29, 1.82) is 0 Å². The molecule has 0 unspecified atom stereocenters. The molecule has 3 nitrogen and oxygen atoms in total. The zero-order chi connectivity index (χ0) is 8.20. The van der Waals surface area contributed by atoms with Crippen LogP contribution in [0.25, 0.3) is 0 Å². The molecule has 0 aromatic carbocycles. The molecule has 0 aromatic heterocycles. The van der Waals surface area contributed by atoms with Crippen LogP contribution in [-0.4, -0.2) is 20.3 Å². The van der Waals surface area contributed by atoms with Crippen molar-refractivity contribution in [3.05, 3.63) is 0 Å². The molecule has 0 rings (SSSR count). The van der Waals surface area contributed by atoms with E-state index in [1.165, 1.54) is 0 Å². The Morgan fingerprint density at radius 2 is 2.10 bits per heavy atom. The summed E-state index contributed by atoms with van der Waals surface area (Å²) < 4.78 is 25.9. The average molecular weight is 162 g/mol. The van der Waals surface area contributed by atoms with Gasteiger partial charge < -0.3 is 0 Å². The molecule has 0 aliphatic heterocycles. The van der Waals surface area contributed by atoms with E-state index in [1.54, 1.807) is 13.8 Å². The first kappa shape index (κ1) is 9.47. The minimum atomic E-state index is -3.47. The molecular formula is C6H10O3S. The van der Waals surface area contributed by atoms with Gasteiger partial charge in [0.2, 0.25) is 0 Å². The Morgan fingerprint density at radius 1 is 1.60 bits per heavy atom. The zero-order valence-electron chi connectivity index (χ0n) is 5.99. The van der Waals surface area contributed by atoms with Gasteiger partial charge in [0.25, 0.3) is 10.1 Å². The molecule has 0 atom stereocenters. The number of hydrogen-bond acceptors (Lipinski definition) is 3. The SMILES string of the molecule is C#CCS(=O)(=O)OC(C)C. The normalized spacial score (nSPS) is 11.4. The molecule has 0 saturated carbocycles. The molecule has 0 aliphatic rings. The van der Waals surface area contributed by atoms with Crippen molar-refractivity contribution in [2.24, 2.45) is 0 Å². The Bertz CT molecular complexity index is 220. The summed E-state index contributed by atoms with van der Waals surface area (Å²) in [4.78, 5) is 0. The highest BCUT2D eigenvalue weighted by Gasteiger charge is 2.10. The van der Waals surface area contributed by atoms with Gasteiger partial charge in [-0.05, 0) is 13.8 Å². The molecule has 58 valence electrons. The number of hydrogen-bond donors (Lipinski definition) is 0. The van der Waals surface area contributed by atoms with Crippen LogP contribution in [0.15, 0.2) is 0 Å². The van der Waals surface area contributed by atoms with Crippen LogP contribution in [0.1, 0.15) is 13.8 Å². The van der Waals surface area contributed by atoms with Gasteiger partial charge in [0, 0.05) is 0 Å². The fraction of sp³-hybridized carbons (Fsp3) is 0.667. The molecular weight excluding hydrogens is 152 g/mol. The van der Waals surface area contributed by atoms with Crippen molar-refractivity contribution in [2.45, 2.75) is 20.0 Å². The van der Waals surface area contributed by atoms with E-state index >= 15 is 0 Å². The Balaban J connectivity index is 4.05. The van der Waals surface area contributed by atoms with E-state index in [-0.39, 0.29) is 11.9 Å². The van der Waals surface area contributed by atoms with Gasteiger partial charge in [-0.1, -0.05) is 5.92 Å². The third kappa shape index (κ3) is 4.36. The summed E-state index contributed by atoms with van der Waals surface area (Å²) >= 11 is 0. The fourth-order valence-corrected chi connectivity index (χ4v) is 1.29. The third-order valence-electron chi connectivity index (χ3n) is 0.599. The van der Waals surface area contributed by atoms with Crippen LogP contribution in [0.3, 0.4) is 0 Å². The third-order valence-corrected chi connectivity index (χ3v) is 1.80. The first-order chi connectivity index (χ1) is 4.48. The van der Waals surface area contributed by atoms with Crippen molar-refractivity contribution in [3.63, 3.8) is 0 Å². The first-order valence-corrected chi connectivity index (χ1v) is 4.40. The van der Waals surface area contributed by atoms with E-state index in [2.05, 4.69) is 4.18 Å². The fourth-order valence-electron chi connectivity index (χ4n) is 0.429. The van der Waals surface area contributed by atoms with Crippen LogP contribution in [0.5, 0.6) is 0 Å². The van der Waals surface area contributed by atoms with Crippen LogP contribution in [0.2, 0.25) is 0 Å². The summed E-state index contributed by atoms with van der Waals surface area (Å²) in [6.45, 7) is 3.27. The average Bonchev–Trinajstić information content (AvgIpc) is 1.59. The van der Waals surface area contributed by atoms with Crippen molar-refractivity contribution in [1.82, 2.24) is 0 Å². The van der Waals surface area contributed by atoms with Gasteiger partial charge in [0.15, 0.2) is 0 Å². The highest BCUT2D eigenvalue weighted by atomic mass is 32.2. The van der Waals surface area contributed by atoms with Crippen LogP contribution >= 0.6 is 0 Å². The minimum absolute atomic E-state index is 0.335. The van der Waals surface area contributed by atoms with Gasteiger partial charge in [0.05, 0.1) is 6.10 Å². The molecule has 0 saturated heterocycles. The summed E-state index contributed by atoms with van der Waals surface area (Å²) in [5.74, 6) is 1.64. The smallest absolute Gasteiger partial charge is 0.267 e. The monoisotopic (exact) mass is 162 g/mol. The van der Waals surface area contributed by atoms with Crippen LogP contribution < -0.4 is 0 Å². The van der Waals surface area contributed by atoms with E-state index in [0.717, 1.165) is 0 Å². The summed E-state index contributed by atoms with van der Waals surface area (Å²) in [7, 11) is -3.47. The standard InChI is InChI=1S/C6H10O3S/c1-4-5-10(7,8)9-6(2)3/h1,6H,5H2,2-3H3. The maximum Gasteiger partial charge on any atom is 0.278 e. The molecule has 0 N–H and O–H groups in total. The Morgan fingerprint density at radius 3 is 2.40 bits per heavy atom. The van der Waals surface area contributed by atoms with E-state index in [4.69, 9.17) is 6.42 Å². The van der Waals surface area contributed by atoms with Crippen LogP contribution in [0.4, 0.5) is 0 Å². The van der Waals surface area contributed by atoms with Gasteiger partial charge in [-0.3, -0.25) is 4.18 Å². The highest BCUT2D eigenvalue weighted by Crippen LogP contribution is 1.97. The van der Waals surface area contributed by atoms with Crippen molar-refractivity contribution in [3.8, 4) is 12.3 Å².